The second kappa shape index (κ2) is 7.71. The molecule has 134 valence electrons. The van der Waals surface area contributed by atoms with E-state index < -0.39 is 9.84 Å². The van der Waals surface area contributed by atoms with Gasteiger partial charge in [0.1, 0.15) is 0 Å². The molecule has 0 unspecified atom stereocenters. The summed E-state index contributed by atoms with van der Waals surface area (Å²) in [5, 5.41) is 14.7. The molecule has 25 heavy (non-hydrogen) atoms. The first kappa shape index (κ1) is 18.2. The van der Waals surface area contributed by atoms with E-state index in [4.69, 9.17) is 0 Å². The highest BCUT2D eigenvalue weighted by Crippen LogP contribution is 2.27. The van der Waals surface area contributed by atoms with Crippen LogP contribution in [0.15, 0.2) is 28.6 Å². The van der Waals surface area contributed by atoms with Crippen molar-refractivity contribution >= 4 is 49.7 Å². The van der Waals surface area contributed by atoms with Gasteiger partial charge in [-0.25, -0.2) is 8.42 Å². The first-order valence-electron chi connectivity index (χ1n) is 7.69. The fourth-order valence-corrected chi connectivity index (χ4v) is 5.73. The third kappa shape index (κ3) is 5.41. The van der Waals surface area contributed by atoms with Gasteiger partial charge in [-0.15, -0.1) is 10.2 Å². The number of hydrogen-bond donors (Lipinski definition) is 2. The van der Waals surface area contributed by atoms with E-state index in [1.54, 1.807) is 0 Å². The topological polar surface area (TPSA) is 101 Å². The summed E-state index contributed by atoms with van der Waals surface area (Å²) in [6.45, 7) is 2.01. The Hall–Kier alpha value is -1.65. The molecular formula is C15H18N4O3S3. The summed E-state index contributed by atoms with van der Waals surface area (Å²) in [6.07, 6.45) is 0.488. The minimum atomic E-state index is -2.99. The molecule has 2 aromatic rings. The van der Waals surface area contributed by atoms with Crippen LogP contribution in [0.5, 0.6) is 0 Å². The van der Waals surface area contributed by atoms with Crippen LogP contribution in [-0.4, -0.2) is 47.8 Å². The van der Waals surface area contributed by atoms with Crippen molar-refractivity contribution in [1.29, 1.82) is 0 Å². The van der Waals surface area contributed by atoms with Crippen molar-refractivity contribution in [3.8, 4) is 0 Å². The predicted octanol–water partition coefficient (Wildman–Crippen LogP) is 1.99. The van der Waals surface area contributed by atoms with Crippen LogP contribution in [0.4, 0.5) is 10.8 Å². The van der Waals surface area contributed by atoms with Gasteiger partial charge < -0.3 is 10.6 Å². The molecule has 0 spiro atoms. The molecule has 2 N–H and O–H groups in total. The van der Waals surface area contributed by atoms with Crippen molar-refractivity contribution in [2.24, 2.45) is 0 Å². The molecule has 1 aliphatic heterocycles. The maximum Gasteiger partial charge on any atom is 0.230 e. The molecule has 0 saturated carbocycles. The molecule has 0 radical (unpaired) electrons. The van der Waals surface area contributed by atoms with E-state index >= 15 is 0 Å². The maximum absolute atomic E-state index is 11.9. The fourth-order valence-electron chi connectivity index (χ4n) is 2.47. The van der Waals surface area contributed by atoms with Crippen LogP contribution in [0, 0.1) is 6.92 Å². The molecule has 1 fully saturated rings. The Kier molecular flexibility index (Phi) is 5.60. The summed E-state index contributed by atoms with van der Waals surface area (Å²) in [5.74, 6) is 0.188. The van der Waals surface area contributed by atoms with E-state index in [1.807, 2.05) is 31.2 Å². The highest BCUT2D eigenvalue weighted by Gasteiger charge is 2.28. The molecule has 1 atom stereocenters. The molecule has 1 amide bonds. The lowest BCUT2D eigenvalue weighted by molar-refractivity contribution is -0.119. The summed E-state index contributed by atoms with van der Waals surface area (Å²) in [4.78, 5) is 11.9. The highest BCUT2D eigenvalue weighted by molar-refractivity contribution is 8.01. The summed E-state index contributed by atoms with van der Waals surface area (Å²) >= 11 is 2.66. The largest absolute Gasteiger partial charge is 0.352 e. The molecule has 2 heterocycles. The van der Waals surface area contributed by atoms with Gasteiger partial charge in [0.25, 0.3) is 0 Å². The normalized spacial score (nSPS) is 18.8. The van der Waals surface area contributed by atoms with Crippen LogP contribution >= 0.6 is 23.1 Å². The van der Waals surface area contributed by atoms with E-state index in [0.29, 0.717) is 15.9 Å². The zero-order chi connectivity index (χ0) is 17.9. The van der Waals surface area contributed by atoms with Crippen molar-refractivity contribution < 1.29 is 13.2 Å². The van der Waals surface area contributed by atoms with Crippen molar-refractivity contribution in [3.05, 3.63) is 29.8 Å². The molecule has 1 aliphatic rings. The number of amides is 1. The molecule has 3 rings (SSSR count). The van der Waals surface area contributed by atoms with Gasteiger partial charge in [0, 0.05) is 11.7 Å². The second-order valence-corrected chi connectivity index (χ2v) is 10.3. The van der Waals surface area contributed by atoms with Crippen LogP contribution < -0.4 is 10.6 Å². The maximum atomic E-state index is 11.9. The van der Waals surface area contributed by atoms with Gasteiger partial charge in [-0.1, -0.05) is 35.2 Å². The van der Waals surface area contributed by atoms with Crippen LogP contribution in [-0.2, 0) is 14.6 Å². The van der Waals surface area contributed by atoms with Crippen molar-refractivity contribution in [2.45, 2.75) is 23.7 Å². The third-order valence-corrected chi connectivity index (χ3v) is 7.34. The lowest BCUT2D eigenvalue weighted by atomic mass is 10.2. The van der Waals surface area contributed by atoms with Gasteiger partial charge in [0.05, 0.1) is 17.3 Å². The minimum Gasteiger partial charge on any atom is -0.352 e. The number of hydrogen-bond acceptors (Lipinski definition) is 8. The van der Waals surface area contributed by atoms with Gasteiger partial charge in [-0.3, -0.25) is 4.79 Å². The Labute approximate surface area is 154 Å². The smallest absolute Gasteiger partial charge is 0.230 e. The second-order valence-electron chi connectivity index (χ2n) is 5.82. The van der Waals surface area contributed by atoms with Gasteiger partial charge >= 0.3 is 0 Å². The van der Waals surface area contributed by atoms with Crippen molar-refractivity contribution in [2.75, 3.05) is 22.6 Å². The van der Waals surface area contributed by atoms with E-state index in [9.17, 15) is 13.2 Å². The van der Waals surface area contributed by atoms with Crippen LogP contribution in [0.3, 0.4) is 0 Å². The number of carbonyl (C=O) groups is 1. The van der Waals surface area contributed by atoms with Gasteiger partial charge in [0.15, 0.2) is 14.2 Å². The predicted molar refractivity (Wildman–Crippen MR) is 100 cm³/mol. The van der Waals surface area contributed by atoms with Crippen molar-refractivity contribution in [1.82, 2.24) is 15.5 Å². The molecule has 1 aromatic carbocycles. The SMILES string of the molecule is Cc1cccc(Nc2nnc(SCC(=O)N[C@H]3CCS(=O)(=O)C3)s2)c1. The monoisotopic (exact) mass is 398 g/mol. The van der Waals surface area contributed by atoms with E-state index in [2.05, 4.69) is 20.8 Å². The molecule has 0 bridgehead atoms. The van der Waals surface area contributed by atoms with Crippen molar-refractivity contribution in [3.63, 3.8) is 0 Å². The molecule has 1 saturated heterocycles. The first-order chi connectivity index (χ1) is 11.9. The molecule has 0 aliphatic carbocycles. The third-order valence-electron chi connectivity index (χ3n) is 3.60. The van der Waals surface area contributed by atoms with E-state index in [1.165, 1.54) is 23.1 Å². The Morgan fingerprint density at radius 2 is 2.24 bits per heavy atom. The number of aromatic nitrogens is 2. The van der Waals surface area contributed by atoms with Gasteiger partial charge in [-0.2, -0.15) is 0 Å². The lowest BCUT2D eigenvalue weighted by Crippen LogP contribution is -2.36. The number of aryl methyl sites for hydroxylation is 1. The Balaban J connectivity index is 1.47. The molecule has 7 nitrogen and oxygen atoms in total. The fraction of sp³-hybridized carbons (Fsp3) is 0.400. The number of nitrogens with zero attached hydrogens (tertiary/aromatic N) is 2. The van der Waals surface area contributed by atoms with Crippen LogP contribution in [0.1, 0.15) is 12.0 Å². The standard InChI is InChI=1S/C15H18N4O3S3/c1-10-3-2-4-11(7-10)17-14-18-19-15(24-14)23-8-13(20)16-12-5-6-25(21,22)9-12/h2-4,7,12H,5-6,8-9H2,1H3,(H,16,20)(H,17,18)/t12-/m0/s1. The zero-order valence-corrected chi connectivity index (χ0v) is 16.0. The number of carbonyl (C=O) groups excluding carboxylic acids is 1. The number of nitrogens with one attached hydrogen (secondary N) is 2. The van der Waals surface area contributed by atoms with Gasteiger partial charge in [0.2, 0.25) is 11.0 Å². The highest BCUT2D eigenvalue weighted by atomic mass is 32.2. The Bertz CT molecular complexity index is 866. The Morgan fingerprint density at radius 3 is 2.96 bits per heavy atom. The summed E-state index contributed by atoms with van der Waals surface area (Å²) < 4.78 is 23.5. The summed E-state index contributed by atoms with van der Waals surface area (Å²) in [6, 6.07) is 7.66. The Morgan fingerprint density at radius 1 is 1.40 bits per heavy atom. The van der Waals surface area contributed by atoms with Gasteiger partial charge in [-0.05, 0) is 31.0 Å². The quantitative estimate of drug-likeness (QED) is 0.718. The van der Waals surface area contributed by atoms with Crippen LogP contribution in [0.2, 0.25) is 0 Å². The molecular weight excluding hydrogens is 380 g/mol. The average Bonchev–Trinajstić information content (AvgIpc) is 3.11. The van der Waals surface area contributed by atoms with Crippen LogP contribution in [0.25, 0.3) is 0 Å². The molecule has 10 heteroatoms. The number of rotatable bonds is 6. The zero-order valence-electron chi connectivity index (χ0n) is 13.6. The number of thioether (sulfide) groups is 1. The summed E-state index contributed by atoms with van der Waals surface area (Å²) in [5.41, 5.74) is 2.09. The number of benzene rings is 1. The molecule has 1 aromatic heterocycles. The average molecular weight is 399 g/mol. The minimum absolute atomic E-state index is 0.0345. The summed E-state index contributed by atoms with van der Waals surface area (Å²) in [7, 11) is -2.99. The number of anilines is 2. The van der Waals surface area contributed by atoms with E-state index in [-0.39, 0.29) is 29.2 Å². The first-order valence-corrected chi connectivity index (χ1v) is 11.3. The van der Waals surface area contributed by atoms with E-state index in [0.717, 1.165) is 11.3 Å². The number of sulfone groups is 1. The lowest BCUT2D eigenvalue weighted by Gasteiger charge is -2.09.